The zero-order chi connectivity index (χ0) is 19.2. The number of nitro benzene ring substituents is 1. The average Bonchev–Trinajstić information content (AvgIpc) is 2.69. The summed E-state index contributed by atoms with van der Waals surface area (Å²) >= 11 is 0. The molecular formula is C20H17N3O4. The van der Waals surface area contributed by atoms with E-state index in [-0.39, 0.29) is 11.3 Å². The van der Waals surface area contributed by atoms with Gasteiger partial charge in [0, 0.05) is 23.3 Å². The van der Waals surface area contributed by atoms with E-state index in [9.17, 15) is 14.9 Å². The number of carbonyl (C=O) groups excluding carboxylic acids is 1. The van der Waals surface area contributed by atoms with Gasteiger partial charge in [0.1, 0.15) is 5.75 Å². The molecule has 0 saturated heterocycles. The monoisotopic (exact) mass is 363 g/mol. The van der Waals surface area contributed by atoms with E-state index >= 15 is 0 Å². The molecule has 3 aromatic carbocycles. The molecule has 3 rings (SSSR count). The molecule has 27 heavy (non-hydrogen) atoms. The maximum atomic E-state index is 12.2. The van der Waals surface area contributed by atoms with Gasteiger partial charge in [-0.05, 0) is 29.8 Å². The lowest BCUT2D eigenvalue weighted by atomic mass is 10.0. The number of rotatable bonds is 6. The van der Waals surface area contributed by atoms with Crippen LogP contribution in [-0.2, 0) is 0 Å². The van der Waals surface area contributed by atoms with Crippen molar-refractivity contribution < 1.29 is 14.5 Å². The van der Waals surface area contributed by atoms with Crippen LogP contribution in [0.2, 0.25) is 0 Å². The molecule has 0 aromatic heterocycles. The van der Waals surface area contributed by atoms with Crippen LogP contribution < -0.4 is 10.2 Å². The maximum absolute atomic E-state index is 12.2. The van der Waals surface area contributed by atoms with E-state index in [1.54, 1.807) is 0 Å². The Balaban J connectivity index is 1.85. The Morgan fingerprint density at radius 3 is 2.78 bits per heavy atom. The quantitative estimate of drug-likeness (QED) is 0.408. The van der Waals surface area contributed by atoms with Gasteiger partial charge in [0.15, 0.2) is 0 Å². The van der Waals surface area contributed by atoms with Crippen molar-refractivity contribution in [3.63, 3.8) is 0 Å². The SMILES string of the molecule is CCOc1ccc2ccccc2c1/C=N/NC(=O)c1cccc([N+](=O)[O-])c1. The molecule has 0 unspecified atom stereocenters. The number of carbonyl (C=O) groups is 1. The van der Waals surface area contributed by atoms with E-state index in [0.717, 1.165) is 16.3 Å². The van der Waals surface area contributed by atoms with E-state index in [4.69, 9.17) is 4.74 Å². The molecule has 7 heteroatoms. The van der Waals surface area contributed by atoms with E-state index in [1.807, 2.05) is 43.3 Å². The third-order valence-electron chi connectivity index (χ3n) is 3.91. The van der Waals surface area contributed by atoms with Crippen LogP contribution in [0.1, 0.15) is 22.8 Å². The highest BCUT2D eigenvalue weighted by molar-refractivity contribution is 6.03. The summed E-state index contributed by atoms with van der Waals surface area (Å²) in [5, 5.41) is 16.8. The first-order chi connectivity index (χ1) is 13.1. The Kier molecular flexibility index (Phi) is 5.41. The summed E-state index contributed by atoms with van der Waals surface area (Å²) in [5.74, 6) is 0.123. The highest BCUT2D eigenvalue weighted by atomic mass is 16.6. The van der Waals surface area contributed by atoms with Crippen LogP contribution in [0.15, 0.2) is 65.8 Å². The first-order valence-corrected chi connectivity index (χ1v) is 8.32. The molecule has 0 aliphatic heterocycles. The Labute approximate surface area is 155 Å². The van der Waals surface area contributed by atoms with Gasteiger partial charge in [-0.2, -0.15) is 5.10 Å². The van der Waals surface area contributed by atoms with E-state index in [0.29, 0.717) is 12.4 Å². The number of amides is 1. The van der Waals surface area contributed by atoms with Crippen molar-refractivity contribution in [1.82, 2.24) is 5.43 Å². The topological polar surface area (TPSA) is 93.8 Å². The molecule has 0 spiro atoms. The number of non-ortho nitro benzene ring substituents is 1. The zero-order valence-electron chi connectivity index (χ0n) is 14.6. The maximum Gasteiger partial charge on any atom is 0.271 e. The molecule has 0 aliphatic carbocycles. The number of nitrogens with one attached hydrogen (secondary N) is 1. The minimum absolute atomic E-state index is 0.153. The van der Waals surface area contributed by atoms with Crippen molar-refractivity contribution in [2.45, 2.75) is 6.92 Å². The van der Waals surface area contributed by atoms with Crippen molar-refractivity contribution in [2.75, 3.05) is 6.61 Å². The van der Waals surface area contributed by atoms with Crippen LogP contribution in [-0.4, -0.2) is 23.7 Å². The van der Waals surface area contributed by atoms with Gasteiger partial charge in [-0.3, -0.25) is 14.9 Å². The lowest BCUT2D eigenvalue weighted by Gasteiger charge is -2.10. The number of benzene rings is 3. The van der Waals surface area contributed by atoms with Gasteiger partial charge in [0.2, 0.25) is 0 Å². The molecule has 136 valence electrons. The van der Waals surface area contributed by atoms with Crippen molar-refractivity contribution in [1.29, 1.82) is 0 Å². The predicted octanol–water partition coefficient (Wildman–Crippen LogP) is 3.91. The summed E-state index contributed by atoms with van der Waals surface area (Å²) in [4.78, 5) is 22.5. The fourth-order valence-corrected chi connectivity index (χ4v) is 2.67. The van der Waals surface area contributed by atoms with Gasteiger partial charge in [-0.1, -0.05) is 36.4 Å². The lowest BCUT2D eigenvalue weighted by molar-refractivity contribution is -0.384. The second kappa shape index (κ2) is 8.09. The lowest BCUT2D eigenvalue weighted by Crippen LogP contribution is -2.17. The van der Waals surface area contributed by atoms with Crippen molar-refractivity contribution >= 4 is 28.6 Å². The summed E-state index contributed by atoms with van der Waals surface area (Å²) in [7, 11) is 0. The van der Waals surface area contributed by atoms with Gasteiger partial charge in [0.05, 0.1) is 17.7 Å². The third-order valence-corrected chi connectivity index (χ3v) is 3.91. The summed E-state index contributed by atoms with van der Waals surface area (Å²) in [6.45, 7) is 2.39. The van der Waals surface area contributed by atoms with Crippen LogP contribution in [0, 0.1) is 10.1 Å². The Bertz CT molecular complexity index is 1030. The van der Waals surface area contributed by atoms with Gasteiger partial charge >= 0.3 is 0 Å². The first-order valence-electron chi connectivity index (χ1n) is 8.32. The zero-order valence-corrected chi connectivity index (χ0v) is 14.6. The largest absolute Gasteiger partial charge is 0.493 e. The molecule has 0 radical (unpaired) electrons. The highest BCUT2D eigenvalue weighted by Crippen LogP contribution is 2.26. The van der Waals surface area contributed by atoms with Crippen molar-refractivity contribution in [2.24, 2.45) is 5.10 Å². The molecule has 0 aliphatic rings. The van der Waals surface area contributed by atoms with Crippen LogP contribution in [0.4, 0.5) is 5.69 Å². The highest BCUT2D eigenvalue weighted by Gasteiger charge is 2.11. The van der Waals surface area contributed by atoms with Gasteiger partial charge in [-0.25, -0.2) is 5.43 Å². The normalized spacial score (nSPS) is 10.9. The number of nitrogens with zero attached hydrogens (tertiary/aromatic N) is 2. The molecule has 1 amide bonds. The molecule has 7 nitrogen and oxygen atoms in total. The molecule has 0 atom stereocenters. The van der Waals surface area contributed by atoms with Crippen LogP contribution in [0.3, 0.4) is 0 Å². The standard InChI is InChI=1S/C20H17N3O4/c1-2-27-19-11-10-14-6-3-4-9-17(14)18(19)13-21-22-20(24)15-7-5-8-16(12-15)23(25)26/h3-13H,2H2,1H3,(H,22,24)/b21-13+. The van der Waals surface area contributed by atoms with Crippen LogP contribution in [0.25, 0.3) is 10.8 Å². The number of hydrogen-bond donors (Lipinski definition) is 1. The fraction of sp³-hybridized carbons (Fsp3) is 0.100. The fourth-order valence-electron chi connectivity index (χ4n) is 2.67. The molecule has 0 bridgehead atoms. The molecule has 0 fully saturated rings. The predicted molar refractivity (Wildman–Crippen MR) is 103 cm³/mol. The number of nitro groups is 1. The second-order valence-electron chi connectivity index (χ2n) is 5.64. The Morgan fingerprint density at radius 2 is 2.00 bits per heavy atom. The van der Waals surface area contributed by atoms with Crippen LogP contribution >= 0.6 is 0 Å². The molecule has 1 N–H and O–H groups in total. The van der Waals surface area contributed by atoms with E-state index < -0.39 is 10.8 Å². The summed E-state index contributed by atoms with van der Waals surface area (Å²) in [6, 6.07) is 17.1. The smallest absolute Gasteiger partial charge is 0.271 e. The summed E-state index contributed by atoms with van der Waals surface area (Å²) < 4.78 is 5.65. The summed E-state index contributed by atoms with van der Waals surface area (Å²) in [6.07, 6.45) is 1.52. The third kappa shape index (κ3) is 4.09. The minimum atomic E-state index is -0.551. The molecular weight excluding hydrogens is 346 g/mol. The molecule has 3 aromatic rings. The van der Waals surface area contributed by atoms with Crippen molar-refractivity contribution in [3.05, 3.63) is 81.9 Å². The average molecular weight is 363 g/mol. The van der Waals surface area contributed by atoms with Gasteiger partial charge < -0.3 is 4.74 Å². The Hall–Kier alpha value is -3.74. The first kappa shape index (κ1) is 18.1. The number of hydrogen-bond acceptors (Lipinski definition) is 5. The van der Waals surface area contributed by atoms with Crippen LogP contribution in [0.5, 0.6) is 5.75 Å². The van der Waals surface area contributed by atoms with E-state index in [1.165, 1.54) is 30.5 Å². The number of hydrazone groups is 1. The molecule has 0 saturated carbocycles. The minimum Gasteiger partial charge on any atom is -0.493 e. The van der Waals surface area contributed by atoms with Gasteiger partial charge in [0.25, 0.3) is 11.6 Å². The number of fused-ring (bicyclic) bond motifs is 1. The summed E-state index contributed by atoms with van der Waals surface area (Å²) in [5.41, 5.74) is 3.15. The van der Waals surface area contributed by atoms with Crippen molar-refractivity contribution in [3.8, 4) is 5.75 Å². The Morgan fingerprint density at radius 1 is 1.19 bits per heavy atom. The van der Waals surface area contributed by atoms with E-state index in [2.05, 4.69) is 10.5 Å². The molecule has 0 heterocycles. The number of ether oxygens (including phenoxy) is 1. The second-order valence-corrected chi connectivity index (χ2v) is 5.64. The van der Waals surface area contributed by atoms with Gasteiger partial charge in [-0.15, -0.1) is 0 Å².